The predicted octanol–water partition coefficient (Wildman–Crippen LogP) is 4.24. The second kappa shape index (κ2) is 8.99. The van der Waals surface area contributed by atoms with Crippen molar-refractivity contribution < 1.29 is 14.3 Å². The van der Waals surface area contributed by atoms with Crippen LogP contribution in [0, 0.1) is 5.92 Å². The van der Waals surface area contributed by atoms with E-state index in [0.29, 0.717) is 34.7 Å². The number of rotatable bonds is 6. The average Bonchev–Trinajstić information content (AvgIpc) is 3.38. The fourth-order valence-corrected chi connectivity index (χ4v) is 3.90. The molecule has 0 spiro atoms. The third kappa shape index (κ3) is 4.52. The minimum Gasteiger partial charge on any atom is -0.497 e. The first kappa shape index (κ1) is 21.2. The summed E-state index contributed by atoms with van der Waals surface area (Å²) in [6.07, 6.45) is 1.74. The lowest BCUT2D eigenvalue weighted by atomic mass is 10.1. The Morgan fingerprint density at radius 3 is 2.71 bits per heavy atom. The van der Waals surface area contributed by atoms with Crippen molar-refractivity contribution in [2.24, 2.45) is 5.92 Å². The third-order valence-corrected chi connectivity index (χ3v) is 6.06. The molecule has 7 nitrogen and oxygen atoms in total. The molecule has 2 heterocycles. The second-order valence-corrected chi connectivity index (χ2v) is 7.96. The Bertz CT molecular complexity index is 1110. The van der Waals surface area contributed by atoms with E-state index < -0.39 is 5.92 Å². The Morgan fingerprint density at radius 2 is 1.97 bits per heavy atom. The van der Waals surface area contributed by atoms with Gasteiger partial charge >= 0.3 is 0 Å². The van der Waals surface area contributed by atoms with Gasteiger partial charge in [-0.2, -0.15) is 5.10 Å². The number of anilines is 2. The predicted molar refractivity (Wildman–Crippen MR) is 120 cm³/mol. The van der Waals surface area contributed by atoms with E-state index in [1.54, 1.807) is 59.3 Å². The van der Waals surface area contributed by atoms with Crippen LogP contribution in [0.4, 0.5) is 11.5 Å². The number of hydrogen-bond acceptors (Lipinski definition) is 4. The van der Waals surface area contributed by atoms with Gasteiger partial charge < -0.3 is 15.0 Å². The molecule has 0 radical (unpaired) electrons. The van der Waals surface area contributed by atoms with Crippen molar-refractivity contribution in [1.29, 1.82) is 0 Å². The summed E-state index contributed by atoms with van der Waals surface area (Å²) in [5.74, 6) is 0.440. The molecule has 9 heteroatoms. The highest BCUT2D eigenvalue weighted by Gasteiger charge is 2.35. The average molecular weight is 459 g/mol. The summed E-state index contributed by atoms with van der Waals surface area (Å²) in [6, 6.07) is 14.3. The van der Waals surface area contributed by atoms with E-state index in [4.69, 9.17) is 27.9 Å². The molecule has 2 aromatic carbocycles. The van der Waals surface area contributed by atoms with Crippen LogP contribution in [0.2, 0.25) is 10.0 Å². The monoisotopic (exact) mass is 458 g/mol. The van der Waals surface area contributed by atoms with Gasteiger partial charge in [0.2, 0.25) is 11.8 Å². The van der Waals surface area contributed by atoms with Crippen LogP contribution in [0.1, 0.15) is 12.0 Å². The van der Waals surface area contributed by atoms with Gasteiger partial charge in [-0.1, -0.05) is 35.3 Å². The molecule has 0 aliphatic carbocycles. The van der Waals surface area contributed by atoms with Gasteiger partial charge in [-0.15, -0.1) is 0 Å². The van der Waals surface area contributed by atoms with Crippen LogP contribution in [0.25, 0.3) is 0 Å². The molecular formula is C22H20Cl2N4O3. The molecule has 1 aliphatic rings. The maximum atomic E-state index is 12.9. The first-order valence-electron chi connectivity index (χ1n) is 9.66. The van der Waals surface area contributed by atoms with Crippen LogP contribution >= 0.6 is 23.2 Å². The van der Waals surface area contributed by atoms with E-state index in [0.717, 1.165) is 11.3 Å². The molecule has 160 valence electrons. The number of benzene rings is 2. The number of carbonyl (C=O) groups is 2. The molecule has 1 unspecified atom stereocenters. The molecule has 31 heavy (non-hydrogen) atoms. The number of halogens is 2. The Morgan fingerprint density at radius 1 is 1.19 bits per heavy atom. The van der Waals surface area contributed by atoms with E-state index in [9.17, 15) is 9.59 Å². The molecule has 1 aromatic heterocycles. The van der Waals surface area contributed by atoms with Crippen molar-refractivity contribution in [2.75, 3.05) is 23.9 Å². The topological polar surface area (TPSA) is 76.5 Å². The lowest BCUT2D eigenvalue weighted by Crippen LogP contribution is -2.28. The Kier molecular flexibility index (Phi) is 6.15. The van der Waals surface area contributed by atoms with E-state index in [-0.39, 0.29) is 18.2 Å². The summed E-state index contributed by atoms with van der Waals surface area (Å²) < 4.78 is 6.79. The van der Waals surface area contributed by atoms with Crippen molar-refractivity contribution in [3.05, 3.63) is 70.3 Å². The number of ether oxygens (including phenoxy) is 1. The molecule has 1 fully saturated rings. The standard InChI is InChI=1S/C22H20Cl2N4O3/c1-31-17-7-5-16(6-8-17)27-12-15(11-20(27)29)22(30)26-19-9-10-25-28(19)13-14-3-2-4-18(23)21(14)24/h2-10,15H,11-13H2,1H3,(H,26,30). The second-order valence-electron chi connectivity index (χ2n) is 7.18. The van der Waals surface area contributed by atoms with Crippen molar-refractivity contribution >= 4 is 46.5 Å². The molecule has 0 saturated carbocycles. The number of methoxy groups -OCH3 is 1. The third-order valence-electron chi connectivity index (χ3n) is 5.20. The summed E-state index contributed by atoms with van der Waals surface area (Å²) >= 11 is 12.4. The minimum atomic E-state index is -0.465. The lowest BCUT2D eigenvalue weighted by molar-refractivity contribution is -0.122. The Labute approximate surface area is 189 Å². The highest BCUT2D eigenvalue weighted by Crippen LogP contribution is 2.29. The lowest BCUT2D eigenvalue weighted by Gasteiger charge is -2.17. The Balaban J connectivity index is 1.44. The number of hydrogen-bond donors (Lipinski definition) is 1. The summed E-state index contributed by atoms with van der Waals surface area (Å²) in [4.78, 5) is 27.0. The van der Waals surface area contributed by atoms with Gasteiger partial charge in [0.1, 0.15) is 11.6 Å². The van der Waals surface area contributed by atoms with Crippen LogP contribution < -0.4 is 15.0 Å². The first-order valence-corrected chi connectivity index (χ1v) is 10.4. The highest BCUT2D eigenvalue weighted by molar-refractivity contribution is 6.42. The molecular weight excluding hydrogens is 439 g/mol. The summed E-state index contributed by atoms with van der Waals surface area (Å²) in [5, 5.41) is 8.06. The number of nitrogens with one attached hydrogen (secondary N) is 1. The molecule has 3 aromatic rings. The molecule has 0 bridgehead atoms. The van der Waals surface area contributed by atoms with Gasteiger partial charge in [-0.25, -0.2) is 4.68 Å². The molecule has 1 N–H and O–H groups in total. The van der Waals surface area contributed by atoms with Gasteiger partial charge in [-0.05, 0) is 35.9 Å². The summed E-state index contributed by atoms with van der Waals surface area (Å²) in [5.41, 5.74) is 1.52. The number of aromatic nitrogens is 2. The molecule has 1 aliphatic heterocycles. The number of carbonyl (C=O) groups excluding carboxylic acids is 2. The molecule has 1 atom stereocenters. The normalized spacial score (nSPS) is 15.9. The van der Waals surface area contributed by atoms with Crippen LogP contribution in [-0.2, 0) is 16.1 Å². The van der Waals surface area contributed by atoms with Crippen LogP contribution in [-0.4, -0.2) is 35.2 Å². The maximum absolute atomic E-state index is 12.9. The largest absolute Gasteiger partial charge is 0.497 e. The van der Waals surface area contributed by atoms with E-state index >= 15 is 0 Å². The van der Waals surface area contributed by atoms with Gasteiger partial charge in [0, 0.05) is 24.7 Å². The molecule has 1 saturated heterocycles. The van der Waals surface area contributed by atoms with E-state index in [2.05, 4.69) is 10.4 Å². The zero-order chi connectivity index (χ0) is 22.0. The number of nitrogens with zero attached hydrogens (tertiary/aromatic N) is 3. The minimum absolute atomic E-state index is 0.0930. The zero-order valence-corrected chi connectivity index (χ0v) is 18.2. The fraction of sp³-hybridized carbons (Fsp3) is 0.227. The SMILES string of the molecule is COc1ccc(N2CC(C(=O)Nc3ccnn3Cc3cccc(Cl)c3Cl)CC2=O)cc1. The maximum Gasteiger partial charge on any atom is 0.230 e. The van der Waals surface area contributed by atoms with Gasteiger partial charge in [-0.3, -0.25) is 9.59 Å². The van der Waals surface area contributed by atoms with Crippen molar-refractivity contribution in [2.45, 2.75) is 13.0 Å². The highest BCUT2D eigenvalue weighted by atomic mass is 35.5. The van der Waals surface area contributed by atoms with Crippen LogP contribution in [0.5, 0.6) is 5.75 Å². The number of amides is 2. The van der Waals surface area contributed by atoms with Gasteiger partial charge in [0.25, 0.3) is 0 Å². The van der Waals surface area contributed by atoms with Crippen LogP contribution in [0.15, 0.2) is 54.7 Å². The fourth-order valence-electron chi connectivity index (χ4n) is 3.52. The van der Waals surface area contributed by atoms with Crippen LogP contribution in [0.3, 0.4) is 0 Å². The van der Waals surface area contributed by atoms with E-state index in [1.165, 1.54) is 0 Å². The smallest absolute Gasteiger partial charge is 0.230 e. The summed E-state index contributed by atoms with van der Waals surface area (Å²) in [7, 11) is 1.58. The first-order chi connectivity index (χ1) is 15.0. The zero-order valence-electron chi connectivity index (χ0n) is 16.7. The Hall–Kier alpha value is -3.03. The van der Waals surface area contributed by atoms with Crippen molar-refractivity contribution in [1.82, 2.24) is 9.78 Å². The van der Waals surface area contributed by atoms with Crippen molar-refractivity contribution in [3.63, 3.8) is 0 Å². The molecule has 2 amide bonds. The van der Waals surface area contributed by atoms with Gasteiger partial charge in [0.05, 0.1) is 35.8 Å². The van der Waals surface area contributed by atoms with Gasteiger partial charge in [0.15, 0.2) is 0 Å². The quantitative estimate of drug-likeness (QED) is 0.599. The van der Waals surface area contributed by atoms with E-state index in [1.807, 2.05) is 12.1 Å². The molecule has 4 rings (SSSR count). The summed E-state index contributed by atoms with van der Waals surface area (Å²) in [6.45, 7) is 0.662. The van der Waals surface area contributed by atoms with Crippen molar-refractivity contribution in [3.8, 4) is 5.75 Å².